The maximum Gasteiger partial charge on any atom is 0.115 e. The molecule has 1 aromatic carbocycles. The monoisotopic (exact) mass is 307 g/mol. The molecule has 3 rings (SSSR count). The standard InChI is InChI=1S/C14H17N3OS2/c15-13-5-6-14(19-13)20-17-9-7-16(8-10-17)11-1-3-12(18)4-2-11/h1-6,18H,7-10,15H2. The van der Waals surface area contributed by atoms with Gasteiger partial charge in [0.2, 0.25) is 0 Å². The van der Waals surface area contributed by atoms with Crippen molar-refractivity contribution in [3.63, 3.8) is 0 Å². The van der Waals surface area contributed by atoms with Crippen molar-refractivity contribution in [2.24, 2.45) is 0 Å². The highest BCUT2D eigenvalue weighted by atomic mass is 32.2. The Hall–Kier alpha value is -1.37. The predicted molar refractivity (Wildman–Crippen MR) is 86.5 cm³/mol. The molecule has 20 heavy (non-hydrogen) atoms. The highest BCUT2D eigenvalue weighted by molar-refractivity contribution is 7.99. The van der Waals surface area contributed by atoms with Gasteiger partial charge >= 0.3 is 0 Å². The van der Waals surface area contributed by atoms with Gasteiger partial charge in [-0.15, -0.1) is 11.3 Å². The zero-order chi connectivity index (χ0) is 13.9. The van der Waals surface area contributed by atoms with Gasteiger partial charge in [-0.1, -0.05) is 0 Å². The number of phenolic OH excluding ortho intramolecular Hbond substituents is 1. The fourth-order valence-corrected chi connectivity index (χ4v) is 4.20. The number of rotatable bonds is 3. The van der Waals surface area contributed by atoms with E-state index in [-0.39, 0.29) is 0 Å². The quantitative estimate of drug-likeness (QED) is 0.854. The third-order valence-electron chi connectivity index (χ3n) is 3.27. The number of nitrogens with two attached hydrogens (primary N) is 1. The highest BCUT2D eigenvalue weighted by Crippen LogP contribution is 2.32. The summed E-state index contributed by atoms with van der Waals surface area (Å²) in [6.45, 7) is 4.03. The Kier molecular flexibility index (Phi) is 4.05. The summed E-state index contributed by atoms with van der Waals surface area (Å²) in [5.41, 5.74) is 6.93. The van der Waals surface area contributed by atoms with Crippen LogP contribution in [0.25, 0.3) is 0 Å². The van der Waals surface area contributed by atoms with Crippen LogP contribution in [0.2, 0.25) is 0 Å². The molecule has 0 spiro atoms. The average molecular weight is 307 g/mol. The van der Waals surface area contributed by atoms with Gasteiger partial charge < -0.3 is 15.7 Å². The molecule has 0 radical (unpaired) electrons. The molecule has 3 N–H and O–H groups in total. The van der Waals surface area contributed by atoms with Gasteiger partial charge in [-0.05, 0) is 48.3 Å². The van der Waals surface area contributed by atoms with Crippen molar-refractivity contribution >= 4 is 34.0 Å². The van der Waals surface area contributed by atoms with Gasteiger partial charge in [-0.25, -0.2) is 4.31 Å². The number of benzene rings is 1. The minimum atomic E-state index is 0.318. The molecule has 1 aromatic heterocycles. The number of hydrogen-bond donors (Lipinski definition) is 2. The molecule has 106 valence electrons. The van der Waals surface area contributed by atoms with E-state index in [0.717, 1.165) is 31.2 Å². The van der Waals surface area contributed by atoms with Crippen LogP contribution in [-0.2, 0) is 0 Å². The molecule has 0 aliphatic carbocycles. The number of phenols is 1. The van der Waals surface area contributed by atoms with E-state index in [1.54, 1.807) is 35.4 Å². The van der Waals surface area contributed by atoms with Crippen molar-refractivity contribution in [2.45, 2.75) is 4.21 Å². The van der Waals surface area contributed by atoms with E-state index in [1.165, 1.54) is 9.90 Å². The molecule has 0 saturated carbocycles. The van der Waals surface area contributed by atoms with E-state index in [1.807, 2.05) is 18.2 Å². The molecule has 0 amide bonds. The third-order valence-corrected chi connectivity index (χ3v) is 5.40. The van der Waals surface area contributed by atoms with Gasteiger partial charge in [-0.2, -0.15) is 0 Å². The third kappa shape index (κ3) is 3.20. The molecule has 0 bridgehead atoms. The molecular weight excluding hydrogens is 290 g/mol. The number of nitrogens with zero attached hydrogens (tertiary/aromatic N) is 2. The van der Waals surface area contributed by atoms with Gasteiger partial charge in [0.15, 0.2) is 0 Å². The smallest absolute Gasteiger partial charge is 0.115 e. The van der Waals surface area contributed by atoms with Gasteiger partial charge in [0.25, 0.3) is 0 Å². The molecule has 6 heteroatoms. The van der Waals surface area contributed by atoms with Crippen LogP contribution in [0.3, 0.4) is 0 Å². The zero-order valence-corrected chi connectivity index (χ0v) is 12.7. The van der Waals surface area contributed by atoms with Gasteiger partial charge in [0, 0.05) is 31.9 Å². The van der Waals surface area contributed by atoms with E-state index in [9.17, 15) is 5.11 Å². The summed E-state index contributed by atoms with van der Waals surface area (Å²) < 4.78 is 3.63. The molecular formula is C14H17N3OS2. The first kappa shape index (κ1) is 13.6. The van der Waals surface area contributed by atoms with Crippen LogP contribution in [0.15, 0.2) is 40.6 Å². The number of thiophene rings is 1. The van der Waals surface area contributed by atoms with E-state index >= 15 is 0 Å². The fraction of sp³-hybridized carbons (Fsp3) is 0.286. The van der Waals surface area contributed by atoms with Crippen LogP contribution >= 0.6 is 23.3 Å². The first-order chi connectivity index (χ1) is 9.70. The lowest BCUT2D eigenvalue weighted by Crippen LogP contribution is -2.43. The Balaban J connectivity index is 1.55. The number of anilines is 2. The van der Waals surface area contributed by atoms with Crippen LogP contribution < -0.4 is 10.6 Å². The molecule has 0 atom stereocenters. The second kappa shape index (κ2) is 5.95. The van der Waals surface area contributed by atoms with Crippen LogP contribution in [0.1, 0.15) is 0 Å². The molecule has 1 aliphatic heterocycles. The fourth-order valence-electron chi connectivity index (χ4n) is 2.21. The van der Waals surface area contributed by atoms with E-state index < -0.39 is 0 Å². The van der Waals surface area contributed by atoms with E-state index in [0.29, 0.717) is 5.75 Å². The molecule has 1 saturated heterocycles. The van der Waals surface area contributed by atoms with Crippen LogP contribution in [0, 0.1) is 0 Å². The normalized spacial score (nSPS) is 16.5. The summed E-state index contributed by atoms with van der Waals surface area (Å²) in [4.78, 5) is 2.35. The minimum absolute atomic E-state index is 0.318. The van der Waals surface area contributed by atoms with Crippen molar-refractivity contribution < 1.29 is 5.11 Å². The largest absolute Gasteiger partial charge is 0.508 e. The number of nitrogen functional groups attached to an aromatic ring is 1. The van der Waals surface area contributed by atoms with Crippen molar-refractivity contribution in [3.8, 4) is 5.75 Å². The summed E-state index contributed by atoms with van der Waals surface area (Å²) in [5.74, 6) is 0.318. The first-order valence-corrected chi connectivity index (χ1v) is 8.12. The van der Waals surface area contributed by atoms with E-state index in [2.05, 4.69) is 15.3 Å². The lowest BCUT2D eigenvalue weighted by molar-refractivity contribution is 0.430. The topological polar surface area (TPSA) is 52.7 Å². The van der Waals surface area contributed by atoms with Crippen LogP contribution in [0.4, 0.5) is 10.7 Å². The predicted octanol–water partition coefficient (Wildman–Crippen LogP) is 2.87. The molecule has 1 aliphatic rings. The summed E-state index contributed by atoms with van der Waals surface area (Å²) in [5, 5.41) is 10.2. The SMILES string of the molecule is Nc1ccc(SN2CCN(c3ccc(O)cc3)CC2)s1. The molecule has 4 nitrogen and oxygen atoms in total. The van der Waals surface area contributed by atoms with Crippen molar-refractivity contribution in [1.29, 1.82) is 0 Å². The number of hydrogen-bond acceptors (Lipinski definition) is 6. The first-order valence-electron chi connectivity index (χ1n) is 6.53. The van der Waals surface area contributed by atoms with Crippen LogP contribution in [-0.4, -0.2) is 35.6 Å². The van der Waals surface area contributed by atoms with Crippen LogP contribution in [0.5, 0.6) is 5.75 Å². The zero-order valence-electron chi connectivity index (χ0n) is 11.0. The number of aromatic hydroxyl groups is 1. The highest BCUT2D eigenvalue weighted by Gasteiger charge is 2.18. The molecule has 0 unspecified atom stereocenters. The second-order valence-electron chi connectivity index (χ2n) is 4.68. The molecule has 2 heterocycles. The Bertz CT molecular complexity index is 562. The Labute approximate surface area is 126 Å². The average Bonchev–Trinajstić information content (AvgIpc) is 2.86. The van der Waals surface area contributed by atoms with Gasteiger partial charge in [0.05, 0.1) is 9.21 Å². The van der Waals surface area contributed by atoms with Crippen molar-refractivity contribution in [2.75, 3.05) is 36.8 Å². The number of piperazine rings is 1. The van der Waals surface area contributed by atoms with Gasteiger partial charge in [0.1, 0.15) is 5.75 Å². The maximum absolute atomic E-state index is 9.32. The Morgan fingerprint density at radius 1 is 1.00 bits per heavy atom. The van der Waals surface area contributed by atoms with Crippen molar-refractivity contribution in [3.05, 3.63) is 36.4 Å². The maximum atomic E-state index is 9.32. The van der Waals surface area contributed by atoms with Crippen molar-refractivity contribution in [1.82, 2.24) is 4.31 Å². The summed E-state index contributed by atoms with van der Waals surface area (Å²) >= 11 is 3.43. The second-order valence-corrected chi connectivity index (χ2v) is 7.19. The Morgan fingerprint density at radius 2 is 1.70 bits per heavy atom. The Morgan fingerprint density at radius 3 is 2.30 bits per heavy atom. The van der Waals surface area contributed by atoms with E-state index in [4.69, 9.17) is 5.73 Å². The summed E-state index contributed by atoms with van der Waals surface area (Å²) in [6, 6.07) is 11.5. The molecule has 1 fully saturated rings. The molecule has 2 aromatic rings. The minimum Gasteiger partial charge on any atom is -0.508 e. The lowest BCUT2D eigenvalue weighted by Gasteiger charge is -2.35. The summed E-state index contributed by atoms with van der Waals surface area (Å²) in [7, 11) is 0. The summed E-state index contributed by atoms with van der Waals surface area (Å²) in [6.07, 6.45) is 0. The van der Waals surface area contributed by atoms with Gasteiger partial charge in [-0.3, -0.25) is 0 Å². The lowest BCUT2D eigenvalue weighted by atomic mass is 10.2.